The predicted octanol–water partition coefficient (Wildman–Crippen LogP) is 11.3. The van der Waals surface area contributed by atoms with Crippen molar-refractivity contribution in [2.75, 3.05) is 0 Å². The van der Waals surface area contributed by atoms with Crippen LogP contribution < -0.4 is 0 Å². The third kappa shape index (κ3) is 3.83. The monoisotopic (exact) mass is 614 g/mol. The Kier molecular flexibility index (Phi) is 5.67. The molecular weight excluding hydrogens is 585 g/mol. The average Bonchev–Trinajstić information content (AvgIpc) is 3.62. The van der Waals surface area contributed by atoms with Crippen LogP contribution in [-0.4, -0.2) is 19.1 Å². The van der Waals surface area contributed by atoms with Crippen LogP contribution in [0.25, 0.3) is 88.2 Å². The Bertz CT molecular complexity index is 2900. The quantitative estimate of drug-likeness (QED) is 0.198. The zero-order valence-corrected chi connectivity index (χ0v) is 26.6. The molecule has 226 valence electrons. The number of aryl methyl sites for hydroxylation is 2. The average molecular weight is 615 g/mol. The third-order valence-corrected chi connectivity index (χ3v) is 9.87. The van der Waals surface area contributed by atoms with Gasteiger partial charge in [0.15, 0.2) is 0 Å². The lowest BCUT2D eigenvalue weighted by Gasteiger charge is -2.13. The first-order chi connectivity index (χ1) is 23.6. The van der Waals surface area contributed by atoms with Gasteiger partial charge in [-0.1, -0.05) is 103 Å². The lowest BCUT2D eigenvalue weighted by atomic mass is 10.0. The molecule has 7 aromatic carbocycles. The van der Waals surface area contributed by atoms with Crippen molar-refractivity contribution in [2.24, 2.45) is 0 Å². The van der Waals surface area contributed by atoms with Crippen molar-refractivity contribution in [3.8, 4) is 22.9 Å². The second-order valence-electron chi connectivity index (χ2n) is 12.8. The van der Waals surface area contributed by atoms with E-state index >= 15 is 0 Å². The smallest absolute Gasteiger partial charge is 0.235 e. The van der Waals surface area contributed by atoms with E-state index in [1.54, 1.807) is 0 Å². The maximum absolute atomic E-state index is 5.40. The molecule has 10 rings (SSSR count). The number of aromatic nitrogens is 4. The van der Waals surface area contributed by atoms with Gasteiger partial charge in [0.2, 0.25) is 5.95 Å². The van der Waals surface area contributed by atoms with Gasteiger partial charge in [-0.05, 0) is 73.3 Å². The normalized spacial score (nSPS) is 12.0. The molecule has 10 aromatic rings. The van der Waals surface area contributed by atoms with Crippen molar-refractivity contribution in [3.05, 3.63) is 157 Å². The van der Waals surface area contributed by atoms with Gasteiger partial charge in [-0.2, -0.15) is 0 Å². The minimum atomic E-state index is 0.670. The topological polar surface area (TPSA) is 35.6 Å². The van der Waals surface area contributed by atoms with Gasteiger partial charge in [-0.3, -0.25) is 4.57 Å². The molecule has 0 aliphatic rings. The zero-order valence-electron chi connectivity index (χ0n) is 26.6. The highest BCUT2D eigenvalue weighted by molar-refractivity contribution is 6.23. The summed E-state index contributed by atoms with van der Waals surface area (Å²) in [6.07, 6.45) is 0. The van der Waals surface area contributed by atoms with Gasteiger partial charge in [0.25, 0.3) is 0 Å². The zero-order chi connectivity index (χ0) is 31.9. The minimum Gasteiger partial charge on any atom is -0.309 e. The molecule has 3 aromatic heterocycles. The number of para-hydroxylation sites is 2. The standard InChI is InChI=1S/C44H30N4/c1-27-21-22-39-34(23-27)35-25-41-36(26-40(35)47(39)30-15-7-4-8-16-30)37-24-28(2)31-17-9-10-18-32(31)43(37)48(41)44-45-38-20-12-11-19-33(38)42(46-44)29-13-5-3-6-14-29/h3-26H,1-2H3. The molecule has 0 N–H and O–H groups in total. The second-order valence-corrected chi connectivity index (χ2v) is 12.8. The Balaban J connectivity index is 1.42. The summed E-state index contributed by atoms with van der Waals surface area (Å²) in [5.41, 5.74) is 11.2. The Morgan fingerprint density at radius 1 is 0.438 bits per heavy atom. The van der Waals surface area contributed by atoms with Gasteiger partial charge in [0, 0.05) is 43.6 Å². The van der Waals surface area contributed by atoms with Gasteiger partial charge < -0.3 is 4.57 Å². The van der Waals surface area contributed by atoms with Gasteiger partial charge in [-0.25, -0.2) is 9.97 Å². The molecule has 0 spiro atoms. The molecule has 0 atom stereocenters. The molecule has 0 saturated carbocycles. The van der Waals surface area contributed by atoms with Crippen LogP contribution in [0.2, 0.25) is 0 Å². The summed E-state index contributed by atoms with van der Waals surface area (Å²) in [5.74, 6) is 0.670. The minimum absolute atomic E-state index is 0.670. The Morgan fingerprint density at radius 3 is 1.85 bits per heavy atom. The van der Waals surface area contributed by atoms with Gasteiger partial charge in [0.05, 0.1) is 33.3 Å². The molecule has 0 aliphatic heterocycles. The maximum Gasteiger partial charge on any atom is 0.235 e. The summed E-state index contributed by atoms with van der Waals surface area (Å²) < 4.78 is 4.72. The summed E-state index contributed by atoms with van der Waals surface area (Å²) in [6, 6.07) is 52.1. The molecule has 0 fully saturated rings. The lowest BCUT2D eigenvalue weighted by Crippen LogP contribution is -2.04. The van der Waals surface area contributed by atoms with E-state index in [1.807, 2.05) is 6.07 Å². The first kappa shape index (κ1) is 26.9. The fraction of sp³-hybridized carbons (Fsp3) is 0.0455. The van der Waals surface area contributed by atoms with E-state index < -0.39 is 0 Å². The van der Waals surface area contributed by atoms with E-state index in [1.165, 1.54) is 54.5 Å². The molecule has 0 radical (unpaired) electrons. The number of benzene rings is 7. The SMILES string of the molecule is Cc1ccc2c(c1)c1cc3c(cc1n2-c1ccccc1)c1cc(C)c2ccccc2c1n3-c1nc(-c2ccccc2)c2ccccc2n1. The molecule has 4 heteroatoms. The molecular formula is C44H30N4. The summed E-state index contributed by atoms with van der Waals surface area (Å²) in [7, 11) is 0. The molecule has 0 amide bonds. The summed E-state index contributed by atoms with van der Waals surface area (Å²) >= 11 is 0. The van der Waals surface area contributed by atoms with Gasteiger partial charge in [0.1, 0.15) is 0 Å². The molecule has 0 unspecified atom stereocenters. The first-order valence-electron chi connectivity index (χ1n) is 16.4. The highest BCUT2D eigenvalue weighted by Crippen LogP contribution is 2.42. The number of hydrogen-bond acceptors (Lipinski definition) is 2. The summed E-state index contributed by atoms with van der Waals surface area (Å²) in [6.45, 7) is 4.39. The van der Waals surface area contributed by atoms with Crippen LogP contribution in [0, 0.1) is 13.8 Å². The lowest BCUT2D eigenvalue weighted by molar-refractivity contribution is 1.02. The van der Waals surface area contributed by atoms with Crippen molar-refractivity contribution in [3.63, 3.8) is 0 Å². The van der Waals surface area contributed by atoms with Gasteiger partial charge >= 0.3 is 0 Å². The third-order valence-electron chi connectivity index (χ3n) is 9.87. The van der Waals surface area contributed by atoms with E-state index in [-0.39, 0.29) is 0 Å². The van der Waals surface area contributed by atoms with Crippen LogP contribution in [0.5, 0.6) is 0 Å². The second kappa shape index (κ2) is 10.1. The van der Waals surface area contributed by atoms with Crippen molar-refractivity contribution in [1.82, 2.24) is 19.1 Å². The highest BCUT2D eigenvalue weighted by Gasteiger charge is 2.22. The molecule has 4 nitrogen and oxygen atoms in total. The van der Waals surface area contributed by atoms with Crippen LogP contribution in [0.1, 0.15) is 11.1 Å². The Labute approximate surface area is 277 Å². The van der Waals surface area contributed by atoms with Crippen molar-refractivity contribution >= 4 is 65.3 Å². The number of fused-ring (bicyclic) bond motifs is 9. The number of hydrogen-bond donors (Lipinski definition) is 0. The first-order valence-corrected chi connectivity index (χ1v) is 16.4. The fourth-order valence-electron chi connectivity index (χ4n) is 7.72. The van der Waals surface area contributed by atoms with E-state index in [9.17, 15) is 0 Å². The van der Waals surface area contributed by atoms with Crippen LogP contribution in [-0.2, 0) is 0 Å². The van der Waals surface area contributed by atoms with Crippen LogP contribution in [0.3, 0.4) is 0 Å². The molecule has 0 aliphatic carbocycles. The van der Waals surface area contributed by atoms with E-state index in [0.717, 1.165) is 38.9 Å². The molecule has 0 bridgehead atoms. The van der Waals surface area contributed by atoms with Crippen molar-refractivity contribution in [1.29, 1.82) is 0 Å². The van der Waals surface area contributed by atoms with Crippen LogP contribution >= 0.6 is 0 Å². The fourth-order valence-corrected chi connectivity index (χ4v) is 7.72. The Hall–Kier alpha value is -6.26. The van der Waals surface area contributed by atoms with Crippen LogP contribution in [0.4, 0.5) is 0 Å². The van der Waals surface area contributed by atoms with Gasteiger partial charge in [-0.15, -0.1) is 0 Å². The maximum atomic E-state index is 5.40. The Morgan fingerprint density at radius 2 is 1.06 bits per heavy atom. The van der Waals surface area contributed by atoms with Crippen molar-refractivity contribution in [2.45, 2.75) is 13.8 Å². The van der Waals surface area contributed by atoms with E-state index in [2.05, 4.69) is 163 Å². The van der Waals surface area contributed by atoms with E-state index in [0.29, 0.717) is 5.95 Å². The van der Waals surface area contributed by atoms with E-state index in [4.69, 9.17) is 9.97 Å². The van der Waals surface area contributed by atoms with Crippen molar-refractivity contribution < 1.29 is 0 Å². The number of nitrogens with zero attached hydrogens (tertiary/aromatic N) is 4. The predicted molar refractivity (Wildman–Crippen MR) is 201 cm³/mol. The summed E-state index contributed by atoms with van der Waals surface area (Å²) in [4.78, 5) is 10.7. The highest BCUT2D eigenvalue weighted by atomic mass is 15.2. The molecule has 48 heavy (non-hydrogen) atoms. The van der Waals surface area contributed by atoms with Crippen LogP contribution in [0.15, 0.2) is 146 Å². The molecule has 0 saturated heterocycles. The number of rotatable bonds is 3. The summed E-state index contributed by atoms with van der Waals surface area (Å²) in [5, 5.41) is 8.29. The largest absolute Gasteiger partial charge is 0.309 e. The molecule has 3 heterocycles.